The monoisotopic (exact) mass is 646 g/mol. The molecule has 2 heterocycles. The molecule has 7 heteroatoms. The molecule has 3 aliphatic rings. The van der Waals surface area contributed by atoms with Gasteiger partial charge in [0.25, 0.3) is 0 Å². The van der Waals surface area contributed by atoms with Gasteiger partial charge >= 0.3 is 11.9 Å². The van der Waals surface area contributed by atoms with Crippen LogP contribution in [-0.2, 0) is 15.9 Å². The molecule has 2 aliphatic heterocycles. The van der Waals surface area contributed by atoms with Crippen molar-refractivity contribution in [3.8, 4) is 28.4 Å². The third-order valence-electron chi connectivity index (χ3n) is 10.6. The fraction of sp³-hybridized carbons (Fsp3) is 0.366. The van der Waals surface area contributed by atoms with Crippen LogP contribution in [0.4, 0.5) is 0 Å². The molecule has 248 valence electrons. The summed E-state index contributed by atoms with van der Waals surface area (Å²) in [6, 6.07) is 26.3. The molecule has 7 rings (SSSR count). The van der Waals surface area contributed by atoms with Gasteiger partial charge in [-0.1, -0.05) is 45.0 Å². The summed E-state index contributed by atoms with van der Waals surface area (Å²) in [6.45, 7) is 10.2. The molecule has 0 aromatic heterocycles. The number of carbonyl (C=O) groups is 2. The fourth-order valence-electron chi connectivity index (χ4n) is 6.75. The number of rotatable bonds is 12. The van der Waals surface area contributed by atoms with Crippen LogP contribution in [0.15, 0.2) is 84.9 Å². The number of carbonyl (C=O) groups excluding carboxylic acids is 2. The maximum absolute atomic E-state index is 13.0. The normalized spacial score (nSPS) is 18.1. The van der Waals surface area contributed by atoms with Gasteiger partial charge in [-0.25, -0.2) is 9.59 Å². The van der Waals surface area contributed by atoms with E-state index in [-0.39, 0.29) is 17.3 Å². The predicted octanol–water partition coefficient (Wildman–Crippen LogP) is 8.42. The summed E-state index contributed by atoms with van der Waals surface area (Å²) in [5, 5.41) is 0. The predicted molar refractivity (Wildman–Crippen MR) is 183 cm³/mol. The third kappa shape index (κ3) is 6.37. The first kappa shape index (κ1) is 32.1. The highest BCUT2D eigenvalue weighted by atomic mass is 16.5. The van der Waals surface area contributed by atoms with E-state index in [2.05, 4.69) is 20.8 Å². The number of hydrogen-bond donors (Lipinski definition) is 0. The lowest BCUT2D eigenvalue weighted by Gasteiger charge is -2.41. The number of ether oxygens (including phenoxy) is 5. The first-order chi connectivity index (χ1) is 23.3. The summed E-state index contributed by atoms with van der Waals surface area (Å²) in [7, 11) is 0. The second-order valence-electron chi connectivity index (χ2n) is 13.7. The average Bonchev–Trinajstić information content (AvgIpc) is 3.34. The SMILES string of the molecule is CCC1(CCc2ccc(C(=O)Oc3ccc4c(c3)C(C)c3cc(OC(=O)c5ccc(OCC6(CC)COC6)cc5)ccc3-4)cc2)COC1. The van der Waals surface area contributed by atoms with Gasteiger partial charge < -0.3 is 23.7 Å². The van der Waals surface area contributed by atoms with Crippen LogP contribution in [0.3, 0.4) is 0 Å². The number of aryl methyl sites for hydroxylation is 1. The summed E-state index contributed by atoms with van der Waals surface area (Å²) in [5.41, 5.74) is 6.85. The van der Waals surface area contributed by atoms with E-state index in [1.165, 1.54) is 5.56 Å². The summed E-state index contributed by atoms with van der Waals surface area (Å²) < 4.78 is 28.4. The molecule has 7 nitrogen and oxygen atoms in total. The van der Waals surface area contributed by atoms with Crippen LogP contribution in [0.1, 0.15) is 83.4 Å². The highest BCUT2D eigenvalue weighted by molar-refractivity contribution is 5.92. The van der Waals surface area contributed by atoms with Crippen molar-refractivity contribution in [2.45, 2.75) is 52.4 Å². The Balaban J connectivity index is 0.959. The first-order valence-corrected chi connectivity index (χ1v) is 17.0. The van der Waals surface area contributed by atoms with E-state index >= 15 is 0 Å². The molecule has 0 saturated carbocycles. The van der Waals surface area contributed by atoms with Crippen molar-refractivity contribution in [3.05, 3.63) is 113 Å². The van der Waals surface area contributed by atoms with Crippen molar-refractivity contribution in [2.75, 3.05) is 33.0 Å². The van der Waals surface area contributed by atoms with Gasteiger partial charge in [-0.3, -0.25) is 0 Å². The second-order valence-corrected chi connectivity index (χ2v) is 13.7. The van der Waals surface area contributed by atoms with E-state index in [0.717, 1.165) is 74.4 Å². The van der Waals surface area contributed by atoms with Crippen molar-refractivity contribution < 1.29 is 33.3 Å². The van der Waals surface area contributed by atoms with Crippen LogP contribution < -0.4 is 14.2 Å². The molecular weight excluding hydrogens is 604 g/mol. The van der Waals surface area contributed by atoms with E-state index in [4.69, 9.17) is 23.7 Å². The minimum absolute atomic E-state index is 0.0305. The van der Waals surface area contributed by atoms with Gasteiger partial charge in [0.05, 0.1) is 49.6 Å². The summed E-state index contributed by atoms with van der Waals surface area (Å²) >= 11 is 0. The van der Waals surface area contributed by atoms with Gasteiger partial charge in [0.15, 0.2) is 0 Å². The maximum Gasteiger partial charge on any atom is 0.343 e. The van der Waals surface area contributed by atoms with Crippen molar-refractivity contribution in [1.29, 1.82) is 0 Å². The Bertz CT molecular complexity index is 1660. The van der Waals surface area contributed by atoms with Crippen LogP contribution in [0.5, 0.6) is 17.2 Å². The average molecular weight is 647 g/mol. The molecule has 0 radical (unpaired) electrons. The second kappa shape index (κ2) is 13.2. The molecule has 0 bridgehead atoms. The summed E-state index contributed by atoms with van der Waals surface area (Å²) in [5.74, 6) is 0.921. The van der Waals surface area contributed by atoms with Crippen LogP contribution in [0.2, 0.25) is 0 Å². The summed E-state index contributed by atoms with van der Waals surface area (Å²) in [4.78, 5) is 26.0. The third-order valence-corrected chi connectivity index (χ3v) is 10.6. The molecule has 1 aliphatic carbocycles. The van der Waals surface area contributed by atoms with E-state index in [9.17, 15) is 9.59 Å². The van der Waals surface area contributed by atoms with E-state index in [1.807, 2.05) is 60.7 Å². The molecule has 1 atom stereocenters. The number of benzene rings is 4. The number of esters is 2. The number of fused-ring (bicyclic) bond motifs is 3. The highest BCUT2D eigenvalue weighted by Crippen LogP contribution is 2.47. The maximum atomic E-state index is 13.0. The zero-order valence-electron chi connectivity index (χ0n) is 27.9. The van der Waals surface area contributed by atoms with Gasteiger partial charge in [-0.15, -0.1) is 0 Å². The van der Waals surface area contributed by atoms with E-state index < -0.39 is 5.97 Å². The molecule has 0 spiro atoms. The molecule has 4 aromatic carbocycles. The van der Waals surface area contributed by atoms with Gasteiger partial charge in [0, 0.05) is 11.3 Å². The fourth-order valence-corrected chi connectivity index (χ4v) is 6.75. The molecule has 4 aromatic rings. The van der Waals surface area contributed by atoms with E-state index in [0.29, 0.717) is 40.4 Å². The molecule has 48 heavy (non-hydrogen) atoms. The minimum Gasteiger partial charge on any atom is -0.493 e. The minimum atomic E-state index is -0.429. The topological polar surface area (TPSA) is 80.3 Å². The molecule has 2 fully saturated rings. The lowest BCUT2D eigenvalue weighted by atomic mass is 9.78. The zero-order chi connectivity index (χ0) is 33.3. The van der Waals surface area contributed by atoms with Crippen molar-refractivity contribution >= 4 is 11.9 Å². The van der Waals surface area contributed by atoms with Crippen molar-refractivity contribution in [3.63, 3.8) is 0 Å². The van der Waals surface area contributed by atoms with Gasteiger partial charge in [-0.2, -0.15) is 0 Å². The first-order valence-electron chi connectivity index (χ1n) is 17.0. The van der Waals surface area contributed by atoms with Gasteiger partial charge in [0.1, 0.15) is 17.2 Å². The molecule has 0 amide bonds. The Kier molecular flexibility index (Phi) is 8.84. The van der Waals surface area contributed by atoms with E-state index in [1.54, 1.807) is 24.3 Å². The molecule has 1 unspecified atom stereocenters. The smallest absolute Gasteiger partial charge is 0.343 e. The van der Waals surface area contributed by atoms with Crippen LogP contribution in [0, 0.1) is 10.8 Å². The van der Waals surface area contributed by atoms with Crippen molar-refractivity contribution in [1.82, 2.24) is 0 Å². The molecule has 2 saturated heterocycles. The lowest BCUT2D eigenvalue weighted by molar-refractivity contribution is -0.133. The quantitative estimate of drug-likeness (QED) is 0.113. The van der Waals surface area contributed by atoms with Crippen molar-refractivity contribution in [2.24, 2.45) is 10.8 Å². The molecule has 0 N–H and O–H groups in total. The Hall–Kier alpha value is -4.46. The van der Waals surface area contributed by atoms with Gasteiger partial charge in [0.2, 0.25) is 0 Å². The largest absolute Gasteiger partial charge is 0.493 e. The summed E-state index contributed by atoms with van der Waals surface area (Å²) in [6.07, 6.45) is 4.19. The van der Waals surface area contributed by atoms with Crippen LogP contribution >= 0.6 is 0 Å². The molecular formula is C41H42O7. The lowest BCUT2D eigenvalue weighted by Crippen LogP contribution is -2.46. The highest BCUT2D eigenvalue weighted by Gasteiger charge is 2.38. The standard InChI is InChI=1S/C41H42O7/c1-4-40(22-44-23-40)19-18-28-6-8-29(9-7-28)38(42)47-32-14-16-34-35-17-15-33(21-37(35)27(3)36(34)20-32)48-39(43)30-10-12-31(13-11-30)46-26-41(5-2)24-45-25-41/h6-17,20-21,27H,4-5,18-19,22-26H2,1-3H3. The number of hydrogen-bond acceptors (Lipinski definition) is 7. The van der Waals surface area contributed by atoms with Crippen LogP contribution in [-0.4, -0.2) is 45.0 Å². The van der Waals surface area contributed by atoms with Gasteiger partial charge in [-0.05, 0) is 114 Å². The Morgan fingerprint density at radius 3 is 1.60 bits per heavy atom. The zero-order valence-corrected chi connectivity index (χ0v) is 27.9. The Morgan fingerprint density at radius 2 is 1.15 bits per heavy atom. The Morgan fingerprint density at radius 1 is 0.667 bits per heavy atom. The Labute approximate surface area is 282 Å². The van der Waals surface area contributed by atoms with Crippen LogP contribution in [0.25, 0.3) is 11.1 Å².